The van der Waals surface area contributed by atoms with Crippen molar-refractivity contribution in [3.8, 4) is 0 Å². The SMILES string of the molecule is CCN(c1ccnc(NC(=O)c2ccc(CN3CCC(N(C)C)CC3)cc2)c1)c1ccc2c(ccn2C(=O)NC)c1. The van der Waals surface area contributed by atoms with Gasteiger partial charge in [0.15, 0.2) is 0 Å². The van der Waals surface area contributed by atoms with E-state index in [2.05, 4.69) is 57.4 Å². The van der Waals surface area contributed by atoms with Gasteiger partial charge >= 0.3 is 6.03 Å². The molecule has 9 nitrogen and oxygen atoms in total. The number of nitrogens with one attached hydrogen (secondary N) is 2. The van der Waals surface area contributed by atoms with Crippen molar-refractivity contribution in [1.29, 1.82) is 0 Å². The van der Waals surface area contributed by atoms with Gasteiger partial charge in [0.05, 0.1) is 5.52 Å². The van der Waals surface area contributed by atoms with Crippen LogP contribution in [0.2, 0.25) is 0 Å². The molecule has 1 saturated heterocycles. The molecule has 2 aromatic heterocycles. The molecule has 9 heteroatoms. The predicted octanol–water partition coefficient (Wildman–Crippen LogP) is 5.16. The molecule has 2 aromatic carbocycles. The van der Waals surface area contributed by atoms with Gasteiger partial charge < -0.3 is 20.4 Å². The quantitative estimate of drug-likeness (QED) is 0.314. The van der Waals surface area contributed by atoms with Crippen molar-refractivity contribution in [3.63, 3.8) is 0 Å². The molecule has 2 N–H and O–H groups in total. The van der Waals surface area contributed by atoms with E-state index in [0.29, 0.717) is 24.0 Å². The highest BCUT2D eigenvalue weighted by Gasteiger charge is 2.20. The molecule has 0 aliphatic carbocycles. The van der Waals surface area contributed by atoms with Gasteiger partial charge in [-0.05, 0) is 95.0 Å². The van der Waals surface area contributed by atoms with Crippen molar-refractivity contribution in [2.75, 3.05) is 51.0 Å². The van der Waals surface area contributed by atoms with Crippen LogP contribution in [0.1, 0.15) is 35.7 Å². The number of benzene rings is 2. The summed E-state index contributed by atoms with van der Waals surface area (Å²) in [5, 5.41) is 6.58. The highest BCUT2D eigenvalue weighted by molar-refractivity contribution is 6.04. The summed E-state index contributed by atoms with van der Waals surface area (Å²) in [4.78, 5) is 36.5. The molecule has 0 unspecified atom stereocenters. The van der Waals surface area contributed by atoms with E-state index < -0.39 is 0 Å². The minimum absolute atomic E-state index is 0.176. The van der Waals surface area contributed by atoms with E-state index in [1.54, 1.807) is 24.0 Å². The number of piperidine rings is 1. The molecule has 0 bridgehead atoms. The van der Waals surface area contributed by atoms with Gasteiger partial charge in [-0.3, -0.25) is 14.3 Å². The zero-order chi connectivity index (χ0) is 28.9. The van der Waals surface area contributed by atoms with Crippen LogP contribution in [0.15, 0.2) is 73.1 Å². The number of rotatable bonds is 8. The average molecular weight is 554 g/mol. The number of fused-ring (bicyclic) bond motifs is 1. The summed E-state index contributed by atoms with van der Waals surface area (Å²) in [6.07, 6.45) is 5.85. The Bertz CT molecular complexity index is 1500. The number of carbonyl (C=O) groups is 2. The van der Waals surface area contributed by atoms with Crippen molar-refractivity contribution in [3.05, 3.63) is 84.2 Å². The highest BCUT2D eigenvalue weighted by atomic mass is 16.2. The number of aromatic nitrogens is 2. The van der Waals surface area contributed by atoms with Crippen molar-refractivity contribution in [1.82, 2.24) is 24.7 Å². The second kappa shape index (κ2) is 12.5. The number of carbonyl (C=O) groups excluding carboxylic acids is 2. The third-order valence-electron chi connectivity index (χ3n) is 7.94. The van der Waals surface area contributed by atoms with E-state index in [4.69, 9.17) is 0 Å². The Morgan fingerprint density at radius 2 is 1.71 bits per heavy atom. The number of nitrogens with zero attached hydrogens (tertiary/aromatic N) is 5. The summed E-state index contributed by atoms with van der Waals surface area (Å²) in [5.74, 6) is 0.304. The van der Waals surface area contributed by atoms with E-state index in [-0.39, 0.29) is 11.9 Å². The fourth-order valence-corrected chi connectivity index (χ4v) is 5.57. The molecule has 214 valence electrons. The number of hydrogen-bond donors (Lipinski definition) is 2. The molecular formula is C32H39N7O2. The fourth-order valence-electron chi connectivity index (χ4n) is 5.57. The second-order valence-corrected chi connectivity index (χ2v) is 10.7. The minimum atomic E-state index is -0.187. The maximum atomic E-state index is 13.0. The lowest BCUT2D eigenvalue weighted by atomic mass is 10.0. The number of pyridine rings is 1. The number of hydrogen-bond acceptors (Lipinski definition) is 6. The third-order valence-corrected chi connectivity index (χ3v) is 7.94. The van der Waals surface area contributed by atoms with Crippen LogP contribution in [0.4, 0.5) is 22.0 Å². The number of anilines is 3. The first-order valence-corrected chi connectivity index (χ1v) is 14.2. The zero-order valence-electron chi connectivity index (χ0n) is 24.3. The first kappa shape index (κ1) is 28.3. The standard InChI is InChI=1S/C32H39N7O2/c1-5-38(27-10-11-29-25(20-27)13-19-39(29)32(41)33-2)28-12-16-34-30(21-28)35-31(40)24-8-6-23(7-9-24)22-37-17-14-26(15-18-37)36(3)4/h6-13,16,19-21,26H,5,14-15,17-18,22H2,1-4H3,(H,33,41)(H,34,35,40). The number of likely N-dealkylation sites (tertiary alicyclic amines) is 1. The highest BCUT2D eigenvalue weighted by Crippen LogP contribution is 2.30. The molecule has 4 aromatic rings. The van der Waals surface area contributed by atoms with Crippen molar-refractivity contribution < 1.29 is 9.59 Å². The lowest BCUT2D eigenvalue weighted by molar-refractivity contribution is 0.102. The molecule has 5 rings (SSSR count). The lowest BCUT2D eigenvalue weighted by Crippen LogP contribution is -2.41. The van der Waals surface area contributed by atoms with Gasteiger partial charge in [-0.1, -0.05) is 12.1 Å². The molecular weight excluding hydrogens is 514 g/mol. The Labute approximate surface area is 241 Å². The van der Waals surface area contributed by atoms with E-state index in [1.165, 1.54) is 18.4 Å². The van der Waals surface area contributed by atoms with Crippen LogP contribution in [-0.4, -0.2) is 78.1 Å². The summed E-state index contributed by atoms with van der Waals surface area (Å²) < 4.78 is 1.59. The molecule has 0 radical (unpaired) electrons. The van der Waals surface area contributed by atoms with Crippen molar-refractivity contribution in [2.24, 2.45) is 0 Å². The summed E-state index contributed by atoms with van der Waals surface area (Å²) in [7, 11) is 5.93. The largest absolute Gasteiger partial charge is 0.342 e. The topological polar surface area (TPSA) is 85.7 Å². The smallest absolute Gasteiger partial charge is 0.325 e. The zero-order valence-corrected chi connectivity index (χ0v) is 24.3. The predicted molar refractivity (Wildman–Crippen MR) is 165 cm³/mol. The number of amides is 2. The third kappa shape index (κ3) is 6.42. The fraction of sp³-hybridized carbons (Fsp3) is 0.344. The monoisotopic (exact) mass is 553 g/mol. The Hall–Kier alpha value is -4.21. The van der Waals surface area contributed by atoms with Gasteiger partial charge in [-0.2, -0.15) is 0 Å². The van der Waals surface area contributed by atoms with Gasteiger partial charge in [0.25, 0.3) is 5.91 Å². The molecule has 1 aliphatic heterocycles. The summed E-state index contributed by atoms with van der Waals surface area (Å²) in [6, 6.07) is 20.1. The molecule has 0 atom stereocenters. The molecule has 1 fully saturated rings. The molecule has 2 amide bonds. The van der Waals surface area contributed by atoms with Gasteiger partial charge in [0.2, 0.25) is 0 Å². The van der Waals surface area contributed by atoms with Crippen LogP contribution in [0.25, 0.3) is 10.9 Å². The first-order valence-electron chi connectivity index (χ1n) is 14.2. The Kier molecular flexibility index (Phi) is 8.66. The second-order valence-electron chi connectivity index (χ2n) is 10.7. The Morgan fingerprint density at radius 3 is 2.39 bits per heavy atom. The molecule has 0 spiro atoms. The molecule has 3 heterocycles. The Morgan fingerprint density at radius 1 is 0.976 bits per heavy atom. The average Bonchev–Trinajstić information content (AvgIpc) is 3.41. The maximum Gasteiger partial charge on any atom is 0.325 e. The summed E-state index contributed by atoms with van der Waals surface area (Å²) >= 11 is 0. The molecule has 0 saturated carbocycles. The minimum Gasteiger partial charge on any atom is -0.342 e. The van der Waals surface area contributed by atoms with Crippen LogP contribution in [0.3, 0.4) is 0 Å². The van der Waals surface area contributed by atoms with E-state index in [1.807, 2.05) is 54.6 Å². The van der Waals surface area contributed by atoms with Crippen LogP contribution >= 0.6 is 0 Å². The van der Waals surface area contributed by atoms with Crippen molar-refractivity contribution >= 4 is 40.0 Å². The summed E-state index contributed by atoms with van der Waals surface area (Å²) in [5.41, 5.74) is 4.56. The normalized spacial score (nSPS) is 14.4. The van der Waals surface area contributed by atoms with Gasteiger partial charge in [-0.25, -0.2) is 9.78 Å². The van der Waals surface area contributed by atoms with E-state index in [0.717, 1.165) is 41.9 Å². The van der Waals surface area contributed by atoms with Crippen LogP contribution in [0, 0.1) is 0 Å². The van der Waals surface area contributed by atoms with E-state index in [9.17, 15) is 9.59 Å². The van der Waals surface area contributed by atoms with Gasteiger partial charge in [0, 0.05) is 67.0 Å². The first-order chi connectivity index (χ1) is 19.9. The van der Waals surface area contributed by atoms with E-state index >= 15 is 0 Å². The van der Waals surface area contributed by atoms with Crippen LogP contribution in [-0.2, 0) is 6.54 Å². The Balaban J connectivity index is 1.24. The van der Waals surface area contributed by atoms with Gasteiger partial charge in [-0.15, -0.1) is 0 Å². The van der Waals surface area contributed by atoms with Crippen LogP contribution < -0.4 is 15.5 Å². The molecule has 41 heavy (non-hydrogen) atoms. The van der Waals surface area contributed by atoms with Crippen LogP contribution in [0.5, 0.6) is 0 Å². The summed E-state index contributed by atoms with van der Waals surface area (Å²) in [6.45, 7) is 5.88. The maximum absolute atomic E-state index is 13.0. The lowest BCUT2D eigenvalue weighted by Gasteiger charge is -2.35. The van der Waals surface area contributed by atoms with Crippen molar-refractivity contribution in [2.45, 2.75) is 32.4 Å². The van der Waals surface area contributed by atoms with Gasteiger partial charge in [0.1, 0.15) is 5.82 Å². The molecule has 1 aliphatic rings.